The number of halogens is 1. The number of nitrogen functional groups attached to an aromatic ring is 1. The van der Waals surface area contributed by atoms with Crippen LogP contribution in [-0.4, -0.2) is 44.9 Å². The van der Waals surface area contributed by atoms with Crippen LogP contribution in [0, 0.1) is 17.1 Å². The number of rotatable bonds is 1. The quantitative estimate of drug-likeness (QED) is 0.614. The van der Waals surface area contributed by atoms with Crippen LogP contribution in [-0.2, 0) is 13.5 Å². The van der Waals surface area contributed by atoms with E-state index in [0.29, 0.717) is 40.3 Å². The molecule has 0 amide bonds. The largest absolute Gasteiger partial charge is 0.467 e. The number of hydrogen-bond donors (Lipinski definition) is 2. The number of nitriles is 1. The fraction of sp³-hybridized carbons (Fsp3) is 0.333. The molecule has 0 fully saturated rings. The Morgan fingerprint density at radius 2 is 2.16 bits per heavy atom. The predicted octanol–water partition coefficient (Wildman–Crippen LogP) is 2.47. The lowest BCUT2D eigenvalue weighted by molar-refractivity contribution is 0.218. The molecule has 31 heavy (non-hydrogen) atoms. The molecule has 0 spiro atoms. The van der Waals surface area contributed by atoms with E-state index in [1.165, 1.54) is 23.0 Å². The monoisotopic (exact) mass is 422 g/mol. The summed E-state index contributed by atoms with van der Waals surface area (Å²) in [6.45, 7) is 1.79. The highest BCUT2D eigenvalue weighted by molar-refractivity contribution is 5.69. The molecule has 4 rings (SSSR count). The molecule has 3 N–H and O–H groups in total. The van der Waals surface area contributed by atoms with Crippen molar-refractivity contribution in [3.63, 3.8) is 0 Å². The van der Waals surface area contributed by atoms with Gasteiger partial charge in [-0.3, -0.25) is 9.58 Å². The van der Waals surface area contributed by atoms with Gasteiger partial charge in [-0.05, 0) is 39.2 Å². The molecule has 0 radical (unpaired) electrons. The van der Waals surface area contributed by atoms with Gasteiger partial charge in [-0.15, -0.1) is 0 Å². The van der Waals surface area contributed by atoms with Gasteiger partial charge in [0.25, 0.3) is 5.88 Å². The van der Waals surface area contributed by atoms with E-state index in [9.17, 15) is 9.65 Å². The minimum atomic E-state index is -0.559. The fourth-order valence-electron chi connectivity index (χ4n) is 3.67. The van der Waals surface area contributed by atoms with Crippen LogP contribution < -0.4 is 15.8 Å². The number of ether oxygens (including phenoxy) is 1. The number of nitrogens with two attached hydrogens (primary N) is 1. The summed E-state index contributed by atoms with van der Waals surface area (Å²) >= 11 is 0. The summed E-state index contributed by atoms with van der Waals surface area (Å²) in [4.78, 5) is 10.8. The van der Waals surface area contributed by atoms with Crippen molar-refractivity contribution in [1.82, 2.24) is 24.6 Å². The van der Waals surface area contributed by atoms with Gasteiger partial charge in [0, 0.05) is 24.7 Å². The highest BCUT2D eigenvalue weighted by Gasteiger charge is 2.27. The highest BCUT2D eigenvalue weighted by atomic mass is 19.1. The number of benzene rings is 1. The Hall–Kier alpha value is -3.71. The minimum Gasteiger partial charge on any atom is -0.467 e. The Bertz CT molecular complexity index is 1180. The third-order valence-corrected chi connectivity index (χ3v) is 5.32. The van der Waals surface area contributed by atoms with E-state index in [1.807, 2.05) is 19.0 Å². The summed E-state index contributed by atoms with van der Waals surface area (Å²) < 4.78 is 21.6. The summed E-state index contributed by atoms with van der Waals surface area (Å²) in [5, 5.41) is 17.8. The molecular weight excluding hydrogens is 399 g/mol. The first kappa shape index (κ1) is 20.6. The lowest BCUT2D eigenvalue weighted by Crippen LogP contribution is -2.38. The second-order valence-electron chi connectivity index (χ2n) is 7.67. The van der Waals surface area contributed by atoms with Crippen LogP contribution in [0.4, 0.5) is 15.9 Å². The Morgan fingerprint density at radius 3 is 2.87 bits per heavy atom. The molecule has 1 aliphatic rings. The molecule has 10 heteroatoms. The molecule has 1 aromatic carbocycles. The maximum Gasteiger partial charge on any atom is 0.258 e. The Morgan fingerprint density at radius 1 is 1.39 bits per heavy atom. The number of aryl methyl sites for hydroxylation is 1. The molecule has 2 atom stereocenters. The third kappa shape index (κ3) is 3.75. The molecule has 3 heterocycles. The van der Waals surface area contributed by atoms with Crippen molar-refractivity contribution in [2.75, 3.05) is 25.1 Å². The molecule has 2 aromatic heterocycles. The number of nitrogens with zero attached hydrogens (tertiary/aromatic N) is 6. The van der Waals surface area contributed by atoms with Crippen molar-refractivity contribution in [2.24, 2.45) is 7.05 Å². The average molecular weight is 422 g/mol. The van der Waals surface area contributed by atoms with E-state index < -0.39 is 6.10 Å². The van der Waals surface area contributed by atoms with E-state index in [0.717, 1.165) is 0 Å². The first-order valence-electron chi connectivity index (χ1n) is 9.76. The van der Waals surface area contributed by atoms with Gasteiger partial charge in [0.15, 0.2) is 5.82 Å². The minimum absolute atomic E-state index is 0.105. The van der Waals surface area contributed by atoms with Crippen molar-refractivity contribution < 1.29 is 9.13 Å². The molecule has 9 nitrogen and oxygen atoms in total. The average Bonchev–Trinajstić information content (AvgIpc) is 3.04. The molecular formula is C21H23FN8O. The van der Waals surface area contributed by atoms with Gasteiger partial charge >= 0.3 is 0 Å². The molecule has 3 aromatic rings. The summed E-state index contributed by atoms with van der Waals surface area (Å²) in [5.74, 6) is -0.152. The zero-order valence-electron chi connectivity index (χ0n) is 17.7. The number of fused-ring (bicyclic) bond motifs is 5. The second-order valence-corrected chi connectivity index (χ2v) is 7.67. The number of hydrogen-bond acceptors (Lipinski definition) is 8. The smallest absolute Gasteiger partial charge is 0.258 e. The van der Waals surface area contributed by atoms with Crippen LogP contribution in [0.2, 0.25) is 0 Å². The van der Waals surface area contributed by atoms with E-state index in [4.69, 9.17) is 10.5 Å². The van der Waals surface area contributed by atoms with Gasteiger partial charge < -0.3 is 15.8 Å². The van der Waals surface area contributed by atoms with Gasteiger partial charge in [0.2, 0.25) is 0 Å². The zero-order chi connectivity index (χ0) is 22.3. The van der Waals surface area contributed by atoms with Crippen molar-refractivity contribution in [3.8, 4) is 23.2 Å². The zero-order valence-corrected chi connectivity index (χ0v) is 17.7. The standard InChI is InChI=1S/C21H23FN8O/c1-11-13-7-12(22)5-6-14(13)26-18(29(2)3)8-15-19(17(9-23)30(4)28-15)16-10-25-20(24)21(27-16)31-11/h5-7,10-11,18,26H,8H2,1-4H3,(H2,24,25). The molecule has 2 unspecified atom stereocenters. The van der Waals surface area contributed by atoms with Gasteiger partial charge in [0.1, 0.15) is 23.7 Å². The van der Waals surface area contributed by atoms with E-state index in [2.05, 4.69) is 26.5 Å². The number of aromatic nitrogens is 4. The maximum absolute atomic E-state index is 14.1. The first-order chi connectivity index (χ1) is 14.8. The van der Waals surface area contributed by atoms with Crippen molar-refractivity contribution >= 4 is 11.5 Å². The maximum atomic E-state index is 14.1. The molecule has 0 saturated carbocycles. The normalized spacial score (nSPS) is 18.0. The second kappa shape index (κ2) is 7.85. The summed E-state index contributed by atoms with van der Waals surface area (Å²) in [6.07, 6.45) is 1.21. The van der Waals surface area contributed by atoms with E-state index >= 15 is 0 Å². The summed E-state index contributed by atoms with van der Waals surface area (Å²) in [7, 11) is 5.58. The van der Waals surface area contributed by atoms with Crippen molar-refractivity contribution in [3.05, 3.63) is 47.2 Å². The topological polar surface area (TPSA) is 118 Å². The SMILES string of the molecule is CC1Oc2nc(cnc2N)-c2c(nn(C)c2C#N)CC(N(C)C)Nc2ccc(F)cc21. The molecule has 160 valence electrons. The summed E-state index contributed by atoms with van der Waals surface area (Å²) in [6, 6.07) is 6.70. The van der Waals surface area contributed by atoms with Crippen LogP contribution in [0.25, 0.3) is 11.3 Å². The van der Waals surface area contributed by atoms with Crippen LogP contribution in [0.15, 0.2) is 24.4 Å². The van der Waals surface area contributed by atoms with Crippen LogP contribution in [0.3, 0.4) is 0 Å². The summed E-state index contributed by atoms with van der Waals surface area (Å²) in [5.41, 5.74) is 9.41. The van der Waals surface area contributed by atoms with Crippen molar-refractivity contribution in [2.45, 2.75) is 25.6 Å². The van der Waals surface area contributed by atoms with Crippen LogP contribution in [0.1, 0.15) is 30.0 Å². The molecule has 2 bridgehead atoms. The van der Waals surface area contributed by atoms with Crippen molar-refractivity contribution in [1.29, 1.82) is 5.26 Å². The highest BCUT2D eigenvalue weighted by Crippen LogP contribution is 2.34. The lowest BCUT2D eigenvalue weighted by Gasteiger charge is -2.29. The Kier molecular flexibility index (Phi) is 5.20. The van der Waals surface area contributed by atoms with Gasteiger partial charge in [-0.2, -0.15) is 10.4 Å². The van der Waals surface area contributed by atoms with E-state index in [1.54, 1.807) is 20.0 Å². The van der Waals surface area contributed by atoms with Gasteiger partial charge in [0.05, 0.1) is 29.3 Å². The molecule has 1 aliphatic heterocycles. The van der Waals surface area contributed by atoms with E-state index in [-0.39, 0.29) is 23.7 Å². The first-order valence-corrected chi connectivity index (χ1v) is 9.76. The van der Waals surface area contributed by atoms with Crippen LogP contribution >= 0.6 is 0 Å². The molecule has 0 aliphatic carbocycles. The number of anilines is 2. The number of nitrogens with one attached hydrogen (secondary N) is 1. The van der Waals surface area contributed by atoms with Crippen LogP contribution in [0.5, 0.6) is 5.88 Å². The predicted molar refractivity (Wildman–Crippen MR) is 114 cm³/mol. The Balaban J connectivity index is 1.96. The van der Waals surface area contributed by atoms with Gasteiger partial charge in [-0.1, -0.05) is 0 Å². The lowest BCUT2D eigenvalue weighted by atomic mass is 10.0. The molecule has 0 saturated heterocycles. The third-order valence-electron chi connectivity index (χ3n) is 5.32. The Labute approximate surface area is 179 Å². The van der Waals surface area contributed by atoms with Gasteiger partial charge in [-0.25, -0.2) is 14.4 Å². The number of likely N-dealkylation sites (N-methyl/N-ethyl adjacent to an activating group) is 1. The fourth-order valence-corrected chi connectivity index (χ4v) is 3.67.